The molecule has 4 aromatic rings. The largest absolute Gasteiger partial charge is 0.493 e. The van der Waals surface area contributed by atoms with E-state index in [0.717, 1.165) is 5.56 Å². The Kier molecular flexibility index (Phi) is 7.21. The molecule has 40 heavy (non-hydrogen) atoms. The van der Waals surface area contributed by atoms with Gasteiger partial charge in [-0.15, -0.1) is 10.2 Å². The molecule has 0 saturated carbocycles. The van der Waals surface area contributed by atoms with Gasteiger partial charge in [-0.3, -0.25) is 33.5 Å². The van der Waals surface area contributed by atoms with Gasteiger partial charge in [-0.1, -0.05) is 17.7 Å². The molecule has 2 N–H and O–H groups in total. The van der Waals surface area contributed by atoms with Crippen molar-refractivity contribution >= 4 is 28.5 Å². The van der Waals surface area contributed by atoms with Crippen LogP contribution >= 0.6 is 0 Å². The number of esters is 1. The first kappa shape index (κ1) is 26.4. The Balaban J connectivity index is 1.28. The number of hydrogen-bond acceptors (Lipinski definition) is 9. The summed E-state index contributed by atoms with van der Waals surface area (Å²) in [5.41, 5.74) is 0.947. The predicted octanol–water partition coefficient (Wildman–Crippen LogP) is 2.83. The zero-order valence-corrected chi connectivity index (χ0v) is 21.5. The number of aryl methyl sites for hydroxylation is 2. The minimum Gasteiger partial charge on any atom is -0.493 e. The number of rotatable bonds is 7. The molecule has 0 bridgehead atoms. The maximum Gasteiger partial charge on any atom is 0.330 e. The third-order valence-corrected chi connectivity index (χ3v) is 6.25. The first-order valence-corrected chi connectivity index (χ1v) is 12.2. The van der Waals surface area contributed by atoms with Crippen molar-refractivity contribution in [1.29, 1.82) is 0 Å². The number of benzene rings is 1. The van der Waals surface area contributed by atoms with Gasteiger partial charge in [-0.05, 0) is 44.2 Å². The van der Waals surface area contributed by atoms with Crippen LogP contribution in [0.1, 0.15) is 27.7 Å². The first-order valence-electron chi connectivity index (χ1n) is 12.2. The smallest absolute Gasteiger partial charge is 0.330 e. The highest BCUT2D eigenvalue weighted by Gasteiger charge is 2.24. The van der Waals surface area contributed by atoms with Gasteiger partial charge in [-0.2, -0.15) is 0 Å². The van der Waals surface area contributed by atoms with Gasteiger partial charge < -0.3 is 14.6 Å². The Labute approximate surface area is 226 Å². The van der Waals surface area contributed by atoms with Crippen LogP contribution in [0.4, 0.5) is 5.69 Å². The summed E-state index contributed by atoms with van der Waals surface area (Å²) in [6.45, 7) is 2.93. The van der Waals surface area contributed by atoms with Crippen molar-refractivity contribution in [3.8, 4) is 5.88 Å². The molecule has 0 radical (unpaired) electrons. The maximum absolute atomic E-state index is 12.7. The second-order valence-electron chi connectivity index (χ2n) is 9.13. The topological polar surface area (TPSA) is 170 Å². The molecule has 1 aromatic carbocycles. The van der Waals surface area contributed by atoms with Gasteiger partial charge in [0.15, 0.2) is 11.9 Å². The summed E-state index contributed by atoms with van der Waals surface area (Å²) in [6.07, 6.45) is 6.18. The Morgan fingerprint density at radius 2 is 1.93 bits per heavy atom. The van der Waals surface area contributed by atoms with E-state index in [2.05, 4.69) is 20.2 Å². The highest BCUT2D eigenvalue weighted by Crippen LogP contribution is 2.39. The molecule has 1 amide bonds. The third-order valence-electron chi connectivity index (χ3n) is 6.25. The highest BCUT2D eigenvalue weighted by molar-refractivity contribution is 5.98. The second-order valence-corrected chi connectivity index (χ2v) is 9.13. The van der Waals surface area contributed by atoms with Gasteiger partial charge in [0.05, 0.1) is 5.52 Å². The van der Waals surface area contributed by atoms with E-state index in [1.807, 2.05) is 13.0 Å². The fourth-order valence-electron chi connectivity index (χ4n) is 4.21. The highest BCUT2D eigenvalue weighted by atomic mass is 16.6. The number of H-pyrrole nitrogens is 1. The number of azo groups is 1. The van der Waals surface area contributed by atoms with E-state index in [-0.39, 0.29) is 30.3 Å². The summed E-state index contributed by atoms with van der Waals surface area (Å²) in [7, 11) is 0. The molecule has 13 nitrogen and oxygen atoms in total. The molecule has 3 aromatic heterocycles. The molecule has 1 aliphatic heterocycles. The first-order chi connectivity index (χ1) is 19.2. The van der Waals surface area contributed by atoms with E-state index in [4.69, 9.17) is 9.47 Å². The average molecular weight is 545 g/mol. The van der Waals surface area contributed by atoms with Crippen LogP contribution < -0.4 is 11.2 Å². The Morgan fingerprint density at radius 1 is 1.15 bits per heavy atom. The summed E-state index contributed by atoms with van der Waals surface area (Å²) in [6, 6.07) is 8.29. The lowest BCUT2D eigenvalue weighted by Crippen LogP contribution is -2.33. The van der Waals surface area contributed by atoms with E-state index in [9.17, 15) is 24.3 Å². The predicted molar refractivity (Wildman–Crippen MR) is 141 cm³/mol. The molecule has 5 rings (SSSR count). The zero-order valence-electron chi connectivity index (χ0n) is 21.5. The number of pyridine rings is 1. The standard InChI is InChI=1S/C27H24N6O7/c1-15-3-5-20-19(11-15)23(30-31-25(36)17-7-9-28-10-8-17)26(37)32(20)13-22(34)39-14-18-4-6-21(40-18)33-12-16(2)24(35)29-27(33)38/h3-12,18,21,37H,13-14H2,1-2H3,(H,29,35,38). The zero-order chi connectivity index (χ0) is 28.4. The average Bonchev–Trinajstić information content (AvgIpc) is 3.51. The third kappa shape index (κ3) is 5.35. The van der Waals surface area contributed by atoms with Crippen LogP contribution in [0.2, 0.25) is 0 Å². The van der Waals surface area contributed by atoms with Crippen LogP contribution in [0.5, 0.6) is 5.88 Å². The van der Waals surface area contributed by atoms with Crippen molar-refractivity contribution < 1.29 is 24.2 Å². The number of aromatic amines is 1. The summed E-state index contributed by atoms with van der Waals surface area (Å²) in [5, 5.41) is 19.2. The van der Waals surface area contributed by atoms with Gasteiger partial charge in [-0.25, -0.2) is 4.79 Å². The van der Waals surface area contributed by atoms with Crippen LogP contribution in [0.25, 0.3) is 10.9 Å². The van der Waals surface area contributed by atoms with Gasteiger partial charge in [0, 0.05) is 35.1 Å². The fraction of sp³-hybridized carbons (Fsp3) is 0.222. The minimum absolute atomic E-state index is 0.0421. The van der Waals surface area contributed by atoms with Gasteiger partial charge in [0.1, 0.15) is 19.3 Å². The number of nitrogens with one attached hydrogen (secondary N) is 1. The van der Waals surface area contributed by atoms with Gasteiger partial charge in [0.25, 0.3) is 11.5 Å². The normalized spacial score (nSPS) is 16.6. The van der Waals surface area contributed by atoms with E-state index in [1.165, 1.54) is 39.9 Å². The Morgan fingerprint density at radius 3 is 2.70 bits per heavy atom. The van der Waals surface area contributed by atoms with Crippen molar-refractivity contribution in [1.82, 2.24) is 19.1 Å². The Bertz CT molecular complexity index is 1780. The SMILES string of the molecule is Cc1ccc2c(c1)c(N=NC(=O)c1ccncc1)c(O)n2CC(=O)OCC1C=CC(n2cc(C)c(=O)[nH]c2=O)O1. The number of aromatic hydroxyl groups is 1. The number of nitrogens with zero attached hydrogens (tertiary/aromatic N) is 5. The van der Waals surface area contributed by atoms with Crippen LogP contribution in [0.3, 0.4) is 0 Å². The number of hydrogen-bond donors (Lipinski definition) is 2. The van der Waals surface area contributed by atoms with Crippen molar-refractivity contribution in [3.05, 3.63) is 98.6 Å². The van der Waals surface area contributed by atoms with Crippen LogP contribution in [-0.4, -0.2) is 48.8 Å². The molecule has 204 valence electrons. The minimum atomic E-state index is -0.768. The molecule has 0 fully saturated rings. The van der Waals surface area contributed by atoms with E-state index in [0.29, 0.717) is 16.5 Å². The van der Waals surface area contributed by atoms with E-state index < -0.39 is 35.5 Å². The molecule has 0 aliphatic carbocycles. The maximum atomic E-state index is 12.7. The summed E-state index contributed by atoms with van der Waals surface area (Å²) in [5.74, 6) is -1.63. The molecule has 13 heteroatoms. The van der Waals surface area contributed by atoms with Gasteiger partial charge in [0.2, 0.25) is 5.88 Å². The number of aromatic nitrogens is 4. The quantitative estimate of drug-likeness (QED) is 0.203. The lowest BCUT2D eigenvalue weighted by atomic mass is 10.1. The van der Waals surface area contributed by atoms with Crippen LogP contribution in [0.15, 0.2) is 80.9 Å². The molecule has 0 saturated heterocycles. The summed E-state index contributed by atoms with van der Waals surface area (Å²) < 4.78 is 13.7. The molecule has 0 spiro atoms. The number of ether oxygens (including phenoxy) is 2. The summed E-state index contributed by atoms with van der Waals surface area (Å²) in [4.78, 5) is 54.9. The van der Waals surface area contributed by atoms with Crippen molar-refractivity contribution in [3.63, 3.8) is 0 Å². The van der Waals surface area contributed by atoms with Crippen LogP contribution in [-0.2, 0) is 20.8 Å². The molecule has 4 heterocycles. The fourth-order valence-corrected chi connectivity index (χ4v) is 4.21. The van der Waals surface area contributed by atoms with E-state index in [1.54, 1.807) is 31.2 Å². The lowest BCUT2D eigenvalue weighted by Gasteiger charge is -2.16. The van der Waals surface area contributed by atoms with Crippen molar-refractivity contribution in [2.45, 2.75) is 32.7 Å². The molecule has 2 unspecified atom stereocenters. The molecule has 1 aliphatic rings. The molecule has 2 atom stereocenters. The van der Waals surface area contributed by atoms with Crippen molar-refractivity contribution in [2.75, 3.05) is 6.61 Å². The number of fused-ring (bicyclic) bond motifs is 1. The van der Waals surface area contributed by atoms with Crippen LogP contribution in [0, 0.1) is 13.8 Å². The number of amides is 1. The second kappa shape index (κ2) is 10.9. The summed E-state index contributed by atoms with van der Waals surface area (Å²) >= 11 is 0. The Hall–Kier alpha value is -5.17. The monoisotopic (exact) mass is 544 g/mol. The lowest BCUT2D eigenvalue weighted by molar-refractivity contribution is -0.148. The number of carbonyl (C=O) groups is 2. The van der Waals surface area contributed by atoms with Gasteiger partial charge >= 0.3 is 11.7 Å². The molecular formula is C27H24N6O7. The number of carbonyl (C=O) groups excluding carboxylic acids is 2. The van der Waals surface area contributed by atoms with E-state index >= 15 is 0 Å². The molecular weight excluding hydrogens is 520 g/mol. The van der Waals surface area contributed by atoms with Crippen molar-refractivity contribution in [2.24, 2.45) is 10.2 Å².